The van der Waals surface area contributed by atoms with Crippen molar-refractivity contribution in [3.05, 3.63) is 0 Å². The first-order valence-electron chi connectivity index (χ1n) is 7.30. The van der Waals surface area contributed by atoms with E-state index >= 15 is 0 Å². The van der Waals surface area contributed by atoms with Gasteiger partial charge in [-0.1, -0.05) is 25.7 Å². The molecule has 1 aliphatic carbocycles. The number of hydrogen-bond acceptors (Lipinski definition) is 4. The number of hydrogen-bond donors (Lipinski definition) is 1. The molecular formula is C13H26N2O3S. The second-order valence-corrected chi connectivity index (χ2v) is 7.72. The van der Waals surface area contributed by atoms with E-state index in [0.717, 1.165) is 39.1 Å². The zero-order valence-corrected chi connectivity index (χ0v) is 12.7. The fourth-order valence-electron chi connectivity index (χ4n) is 3.18. The van der Waals surface area contributed by atoms with Crippen LogP contribution in [-0.4, -0.2) is 58.0 Å². The lowest BCUT2D eigenvalue weighted by molar-refractivity contribution is -0.116. The highest BCUT2D eigenvalue weighted by Gasteiger charge is 2.36. The molecule has 0 amide bonds. The van der Waals surface area contributed by atoms with E-state index < -0.39 is 10.0 Å². The molecule has 5 nitrogen and oxygen atoms in total. The monoisotopic (exact) mass is 290 g/mol. The minimum atomic E-state index is -3.07. The highest BCUT2D eigenvalue weighted by atomic mass is 32.2. The Morgan fingerprint density at radius 2 is 1.89 bits per heavy atom. The number of rotatable bonds is 4. The lowest BCUT2D eigenvalue weighted by Crippen LogP contribution is -2.53. The van der Waals surface area contributed by atoms with Crippen LogP contribution in [0.2, 0.25) is 0 Å². The van der Waals surface area contributed by atoms with Gasteiger partial charge in [-0.3, -0.25) is 4.90 Å². The molecule has 112 valence electrons. The molecular weight excluding hydrogens is 264 g/mol. The van der Waals surface area contributed by atoms with Gasteiger partial charge in [0, 0.05) is 26.2 Å². The maximum atomic E-state index is 11.1. The topological polar surface area (TPSA) is 58.6 Å². The van der Waals surface area contributed by atoms with Gasteiger partial charge in [-0.05, 0) is 12.8 Å². The smallest absolute Gasteiger partial charge is 0.208 e. The van der Waals surface area contributed by atoms with Gasteiger partial charge >= 0.3 is 0 Å². The quantitative estimate of drug-likeness (QED) is 0.838. The Bertz CT molecular complexity index is 375. The number of nitrogens with zero attached hydrogens (tertiary/aromatic N) is 1. The van der Waals surface area contributed by atoms with Crippen LogP contribution in [0.3, 0.4) is 0 Å². The van der Waals surface area contributed by atoms with Gasteiger partial charge in [-0.2, -0.15) is 0 Å². The number of ether oxygens (including phenoxy) is 1. The van der Waals surface area contributed by atoms with Gasteiger partial charge in [-0.15, -0.1) is 0 Å². The van der Waals surface area contributed by atoms with Crippen molar-refractivity contribution in [2.75, 3.05) is 39.0 Å². The Morgan fingerprint density at radius 3 is 2.53 bits per heavy atom. The van der Waals surface area contributed by atoms with Crippen molar-refractivity contribution in [2.24, 2.45) is 0 Å². The lowest BCUT2D eigenvalue weighted by atomic mass is 9.92. The van der Waals surface area contributed by atoms with Crippen molar-refractivity contribution in [3.8, 4) is 0 Å². The molecule has 1 heterocycles. The third-order valence-electron chi connectivity index (χ3n) is 4.13. The predicted octanol–water partition coefficient (Wildman–Crippen LogP) is 0.961. The summed E-state index contributed by atoms with van der Waals surface area (Å²) in [4.78, 5) is 2.34. The minimum Gasteiger partial charge on any atom is -0.372 e. The van der Waals surface area contributed by atoms with Crippen LogP contribution in [0, 0.1) is 0 Å². The summed E-state index contributed by atoms with van der Waals surface area (Å²) in [5.41, 5.74) is 0.0415. The number of sulfonamides is 1. The molecule has 0 aromatic heterocycles. The van der Waals surface area contributed by atoms with Crippen molar-refractivity contribution in [1.82, 2.24) is 9.62 Å². The molecule has 1 spiro atoms. The van der Waals surface area contributed by atoms with Crippen molar-refractivity contribution in [2.45, 2.75) is 44.1 Å². The Balaban J connectivity index is 1.82. The summed E-state index contributed by atoms with van der Waals surface area (Å²) in [6, 6.07) is 0. The molecule has 19 heavy (non-hydrogen) atoms. The van der Waals surface area contributed by atoms with Crippen LogP contribution >= 0.6 is 0 Å². The number of nitrogens with one attached hydrogen (secondary N) is 1. The first-order chi connectivity index (χ1) is 8.99. The normalized spacial score (nSPS) is 25.3. The van der Waals surface area contributed by atoms with Crippen LogP contribution in [0.5, 0.6) is 0 Å². The van der Waals surface area contributed by atoms with Crippen LogP contribution in [0.1, 0.15) is 38.5 Å². The van der Waals surface area contributed by atoms with Gasteiger partial charge < -0.3 is 4.74 Å². The summed E-state index contributed by atoms with van der Waals surface area (Å²) >= 11 is 0. The van der Waals surface area contributed by atoms with E-state index in [0.29, 0.717) is 6.54 Å². The lowest BCUT2D eigenvalue weighted by Gasteiger charge is -2.42. The number of morpholine rings is 1. The highest BCUT2D eigenvalue weighted by Crippen LogP contribution is 2.33. The van der Waals surface area contributed by atoms with Crippen molar-refractivity contribution in [3.63, 3.8) is 0 Å². The summed E-state index contributed by atoms with van der Waals surface area (Å²) in [6.07, 6.45) is 8.68. The van der Waals surface area contributed by atoms with Gasteiger partial charge in [0.1, 0.15) is 0 Å². The molecule has 6 heteroatoms. The molecule has 0 aromatic carbocycles. The fourth-order valence-corrected chi connectivity index (χ4v) is 3.64. The summed E-state index contributed by atoms with van der Waals surface area (Å²) in [5.74, 6) is 0. The first-order valence-corrected chi connectivity index (χ1v) is 9.19. The van der Waals surface area contributed by atoms with E-state index in [1.165, 1.54) is 31.9 Å². The Hall–Kier alpha value is -0.170. The average molecular weight is 290 g/mol. The van der Waals surface area contributed by atoms with Crippen molar-refractivity contribution in [1.29, 1.82) is 0 Å². The van der Waals surface area contributed by atoms with Gasteiger partial charge in [0.05, 0.1) is 18.5 Å². The van der Waals surface area contributed by atoms with Gasteiger partial charge in [-0.25, -0.2) is 13.1 Å². The van der Waals surface area contributed by atoms with E-state index in [1.807, 2.05) is 0 Å². The molecule has 1 N–H and O–H groups in total. The molecule has 0 unspecified atom stereocenters. The highest BCUT2D eigenvalue weighted by molar-refractivity contribution is 7.88. The van der Waals surface area contributed by atoms with Gasteiger partial charge in [0.25, 0.3) is 0 Å². The fraction of sp³-hybridized carbons (Fsp3) is 1.00. The molecule has 1 aliphatic heterocycles. The van der Waals surface area contributed by atoms with Crippen LogP contribution in [0.25, 0.3) is 0 Å². The van der Waals surface area contributed by atoms with Crippen LogP contribution < -0.4 is 4.72 Å². The maximum Gasteiger partial charge on any atom is 0.208 e. The third kappa shape index (κ3) is 5.02. The summed E-state index contributed by atoms with van der Waals surface area (Å²) < 4.78 is 30.8. The van der Waals surface area contributed by atoms with Gasteiger partial charge in [0.2, 0.25) is 10.0 Å². The molecule has 1 saturated carbocycles. The molecule has 1 saturated heterocycles. The zero-order chi connectivity index (χ0) is 13.8. The van der Waals surface area contributed by atoms with Crippen LogP contribution in [0.15, 0.2) is 0 Å². The minimum absolute atomic E-state index is 0.0415. The van der Waals surface area contributed by atoms with Crippen molar-refractivity contribution >= 4 is 10.0 Å². The SMILES string of the molecule is CS(=O)(=O)NCCN1CCOC2(CCCCCC2)C1. The molecule has 0 radical (unpaired) electrons. The third-order valence-corrected chi connectivity index (χ3v) is 4.86. The van der Waals surface area contributed by atoms with E-state index in [1.54, 1.807) is 0 Å². The molecule has 2 rings (SSSR count). The summed E-state index contributed by atoms with van der Waals surface area (Å²) in [6.45, 7) is 3.91. The summed E-state index contributed by atoms with van der Waals surface area (Å²) in [7, 11) is -3.07. The first kappa shape index (κ1) is 15.2. The second kappa shape index (κ2) is 6.52. The molecule has 0 aromatic rings. The van der Waals surface area contributed by atoms with E-state index in [-0.39, 0.29) is 5.60 Å². The Kier molecular flexibility index (Phi) is 5.22. The zero-order valence-electron chi connectivity index (χ0n) is 11.9. The Morgan fingerprint density at radius 1 is 1.21 bits per heavy atom. The van der Waals surface area contributed by atoms with E-state index in [2.05, 4.69) is 9.62 Å². The van der Waals surface area contributed by atoms with Crippen LogP contribution in [0.4, 0.5) is 0 Å². The molecule has 2 aliphatic rings. The van der Waals surface area contributed by atoms with E-state index in [9.17, 15) is 8.42 Å². The average Bonchev–Trinajstić information content (AvgIpc) is 2.54. The predicted molar refractivity (Wildman–Crippen MR) is 75.7 cm³/mol. The molecule has 0 atom stereocenters. The van der Waals surface area contributed by atoms with E-state index in [4.69, 9.17) is 4.74 Å². The molecule has 2 fully saturated rings. The van der Waals surface area contributed by atoms with Gasteiger partial charge in [0.15, 0.2) is 0 Å². The Labute approximate surface area is 116 Å². The molecule has 0 bridgehead atoms. The second-order valence-electron chi connectivity index (χ2n) is 5.89. The maximum absolute atomic E-state index is 11.1. The van der Waals surface area contributed by atoms with Crippen molar-refractivity contribution < 1.29 is 13.2 Å². The van der Waals surface area contributed by atoms with Crippen LogP contribution in [-0.2, 0) is 14.8 Å². The largest absolute Gasteiger partial charge is 0.372 e. The standard InChI is InChI=1S/C13H26N2O3S/c1-19(16,17)14-8-9-15-10-11-18-13(12-15)6-4-2-3-5-7-13/h14H,2-12H2,1H3. The summed E-state index contributed by atoms with van der Waals surface area (Å²) in [5, 5.41) is 0.